The van der Waals surface area contributed by atoms with Crippen molar-refractivity contribution in [1.82, 2.24) is 5.32 Å². The number of thioether (sulfide) groups is 1. The van der Waals surface area contributed by atoms with Gasteiger partial charge in [-0.3, -0.25) is 9.59 Å². The highest BCUT2D eigenvalue weighted by molar-refractivity contribution is 7.98. The van der Waals surface area contributed by atoms with Gasteiger partial charge in [-0.2, -0.15) is 11.8 Å². The molecule has 1 amide bonds. The number of hydrogen-bond donors (Lipinski definition) is 3. The third kappa shape index (κ3) is 5.08. The SMILES string of the molecule is CSCC[C@@H](N)C(=O)N[C@H](C)C(=O)O. The first-order chi connectivity index (χ1) is 6.49. The van der Waals surface area contributed by atoms with E-state index in [9.17, 15) is 9.59 Å². The summed E-state index contributed by atoms with van der Waals surface area (Å²) in [6.07, 6.45) is 2.48. The smallest absolute Gasteiger partial charge is 0.325 e. The zero-order valence-electron chi connectivity index (χ0n) is 8.32. The minimum Gasteiger partial charge on any atom is -0.480 e. The lowest BCUT2D eigenvalue weighted by Gasteiger charge is -2.13. The second kappa shape index (κ2) is 6.67. The van der Waals surface area contributed by atoms with Gasteiger partial charge in [0.25, 0.3) is 0 Å². The van der Waals surface area contributed by atoms with Crippen LogP contribution in [0.3, 0.4) is 0 Å². The summed E-state index contributed by atoms with van der Waals surface area (Å²) >= 11 is 1.60. The van der Waals surface area contributed by atoms with Crippen LogP contribution in [0.2, 0.25) is 0 Å². The zero-order chi connectivity index (χ0) is 11.1. The molecule has 2 atom stereocenters. The molecule has 4 N–H and O–H groups in total. The van der Waals surface area contributed by atoms with Crippen LogP contribution in [0, 0.1) is 0 Å². The average molecular weight is 220 g/mol. The molecule has 82 valence electrons. The first-order valence-electron chi connectivity index (χ1n) is 4.26. The lowest BCUT2D eigenvalue weighted by Crippen LogP contribution is -2.47. The fraction of sp³-hybridized carbons (Fsp3) is 0.750. The van der Waals surface area contributed by atoms with Crippen molar-refractivity contribution in [3.05, 3.63) is 0 Å². The van der Waals surface area contributed by atoms with Crippen molar-refractivity contribution in [1.29, 1.82) is 0 Å². The number of carbonyl (C=O) groups excluding carboxylic acids is 1. The highest BCUT2D eigenvalue weighted by Crippen LogP contribution is 1.98. The molecule has 0 bridgehead atoms. The maximum Gasteiger partial charge on any atom is 0.325 e. The van der Waals surface area contributed by atoms with E-state index in [1.54, 1.807) is 11.8 Å². The fourth-order valence-electron chi connectivity index (χ4n) is 0.758. The van der Waals surface area contributed by atoms with Gasteiger partial charge in [-0.1, -0.05) is 0 Å². The molecule has 0 rings (SSSR count). The van der Waals surface area contributed by atoms with Gasteiger partial charge in [-0.15, -0.1) is 0 Å². The molecule has 0 aliphatic rings. The molecule has 0 aromatic heterocycles. The monoisotopic (exact) mass is 220 g/mol. The Morgan fingerprint density at radius 1 is 1.57 bits per heavy atom. The number of nitrogens with one attached hydrogen (secondary N) is 1. The fourth-order valence-corrected chi connectivity index (χ4v) is 1.25. The van der Waals surface area contributed by atoms with Crippen LogP contribution in [0.1, 0.15) is 13.3 Å². The van der Waals surface area contributed by atoms with Crippen LogP contribution >= 0.6 is 11.8 Å². The maximum absolute atomic E-state index is 11.3. The summed E-state index contributed by atoms with van der Waals surface area (Å²) < 4.78 is 0. The van der Waals surface area contributed by atoms with Gasteiger partial charge in [0.15, 0.2) is 0 Å². The van der Waals surface area contributed by atoms with E-state index in [0.717, 1.165) is 5.75 Å². The third-order valence-electron chi connectivity index (χ3n) is 1.70. The maximum atomic E-state index is 11.3. The van der Waals surface area contributed by atoms with Crippen molar-refractivity contribution < 1.29 is 14.7 Å². The van der Waals surface area contributed by atoms with Gasteiger partial charge in [0.2, 0.25) is 5.91 Å². The van der Waals surface area contributed by atoms with Crippen molar-refractivity contribution in [2.45, 2.75) is 25.4 Å². The van der Waals surface area contributed by atoms with Crippen LogP contribution in [0.4, 0.5) is 0 Å². The number of nitrogens with two attached hydrogens (primary N) is 1. The van der Waals surface area contributed by atoms with Gasteiger partial charge in [0.1, 0.15) is 6.04 Å². The normalized spacial score (nSPS) is 14.5. The molecule has 0 radical (unpaired) electrons. The molecule has 0 unspecified atom stereocenters. The van der Waals surface area contributed by atoms with E-state index in [0.29, 0.717) is 6.42 Å². The van der Waals surface area contributed by atoms with E-state index in [4.69, 9.17) is 10.8 Å². The second-order valence-corrected chi connectivity index (χ2v) is 3.94. The number of carboxylic acid groups (broad SMARTS) is 1. The molecule has 0 aliphatic carbocycles. The summed E-state index contributed by atoms with van der Waals surface area (Å²) in [5, 5.41) is 10.8. The predicted molar refractivity (Wildman–Crippen MR) is 56.2 cm³/mol. The molecule has 0 fully saturated rings. The van der Waals surface area contributed by atoms with E-state index in [1.165, 1.54) is 6.92 Å². The molecule has 0 aromatic rings. The van der Waals surface area contributed by atoms with E-state index < -0.39 is 24.0 Å². The van der Waals surface area contributed by atoms with Crippen LogP contribution in [0.5, 0.6) is 0 Å². The third-order valence-corrected chi connectivity index (χ3v) is 2.34. The van der Waals surface area contributed by atoms with Gasteiger partial charge < -0.3 is 16.2 Å². The predicted octanol–water partition coefficient (Wildman–Crippen LogP) is -0.344. The molecule has 0 saturated carbocycles. The zero-order valence-corrected chi connectivity index (χ0v) is 9.13. The van der Waals surface area contributed by atoms with E-state index in [-0.39, 0.29) is 0 Å². The summed E-state index contributed by atoms with van der Waals surface area (Å²) in [7, 11) is 0. The van der Waals surface area contributed by atoms with Gasteiger partial charge in [-0.25, -0.2) is 0 Å². The number of carboxylic acids is 1. The minimum atomic E-state index is -1.06. The molecular formula is C8H16N2O3S. The van der Waals surface area contributed by atoms with Crippen molar-refractivity contribution in [3.8, 4) is 0 Å². The Labute approximate surface area is 87.4 Å². The van der Waals surface area contributed by atoms with Crippen LogP contribution < -0.4 is 11.1 Å². The van der Waals surface area contributed by atoms with Gasteiger partial charge >= 0.3 is 5.97 Å². The molecule has 14 heavy (non-hydrogen) atoms. The second-order valence-electron chi connectivity index (χ2n) is 2.96. The summed E-state index contributed by atoms with van der Waals surface area (Å²) in [5.41, 5.74) is 5.53. The Balaban J connectivity index is 3.88. The summed E-state index contributed by atoms with van der Waals surface area (Å²) in [6.45, 7) is 1.40. The first-order valence-corrected chi connectivity index (χ1v) is 5.66. The quantitative estimate of drug-likeness (QED) is 0.569. The van der Waals surface area contributed by atoms with Crippen molar-refractivity contribution in [2.75, 3.05) is 12.0 Å². The standard InChI is InChI=1S/C8H16N2O3S/c1-5(8(12)13)10-7(11)6(9)3-4-14-2/h5-6H,3-4,9H2,1-2H3,(H,10,11)(H,12,13)/t5-,6-/m1/s1. The van der Waals surface area contributed by atoms with E-state index in [1.807, 2.05) is 6.26 Å². The number of hydrogen-bond acceptors (Lipinski definition) is 4. The Morgan fingerprint density at radius 3 is 2.57 bits per heavy atom. The molecule has 0 spiro atoms. The largest absolute Gasteiger partial charge is 0.480 e. The van der Waals surface area contributed by atoms with Gasteiger partial charge in [-0.05, 0) is 25.4 Å². The van der Waals surface area contributed by atoms with E-state index >= 15 is 0 Å². The Hall–Kier alpha value is -0.750. The van der Waals surface area contributed by atoms with Gasteiger partial charge in [0, 0.05) is 0 Å². The molecule has 0 heterocycles. The lowest BCUT2D eigenvalue weighted by molar-refractivity contribution is -0.141. The van der Waals surface area contributed by atoms with Crippen LogP contribution in [-0.2, 0) is 9.59 Å². The van der Waals surface area contributed by atoms with Crippen LogP contribution in [0.15, 0.2) is 0 Å². The summed E-state index contributed by atoms with van der Waals surface area (Å²) in [5.74, 6) is -0.680. The van der Waals surface area contributed by atoms with E-state index in [2.05, 4.69) is 5.32 Å². The molecule has 0 aromatic carbocycles. The number of aliphatic carboxylic acids is 1. The topological polar surface area (TPSA) is 92.4 Å². The highest BCUT2D eigenvalue weighted by atomic mass is 32.2. The van der Waals surface area contributed by atoms with Crippen LogP contribution in [-0.4, -0.2) is 41.1 Å². The molecular weight excluding hydrogens is 204 g/mol. The number of carbonyl (C=O) groups is 2. The Morgan fingerprint density at radius 2 is 2.14 bits per heavy atom. The molecule has 5 nitrogen and oxygen atoms in total. The van der Waals surface area contributed by atoms with Gasteiger partial charge in [0.05, 0.1) is 6.04 Å². The van der Waals surface area contributed by atoms with Crippen molar-refractivity contribution >= 4 is 23.6 Å². The lowest BCUT2D eigenvalue weighted by atomic mass is 10.2. The number of amides is 1. The van der Waals surface area contributed by atoms with Crippen LogP contribution in [0.25, 0.3) is 0 Å². The highest BCUT2D eigenvalue weighted by Gasteiger charge is 2.18. The Kier molecular flexibility index (Phi) is 6.31. The summed E-state index contributed by atoms with van der Waals surface area (Å²) in [4.78, 5) is 21.7. The van der Waals surface area contributed by atoms with Crippen molar-refractivity contribution in [2.24, 2.45) is 5.73 Å². The molecule has 0 aliphatic heterocycles. The summed E-state index contributed by atoms with van der Waals surface area (Å²) in [6, 6.07) is -1.51. The molecule has 0 saturated heterocycles. The number of rotatable bonds is 6. The minimum absolute atomic E-state index is 0.408. The van der Waals surface area contributed by atoms with Crippen molar-refractivity contribution in [3.63, 3.8) is 0 Å². The average Bonchev–Trinajstić information content (AvgIpc) is 2.13. The first kappa shape index (κ1) is 13.2. The Bertz CT molecular complexity index is 211. The molecule has 6 heteroatoms.